The Bertz CT molecular complexity index is 292. The van der Waals surface area contributed by atoms with E-state index in [-0.39, 0.29) is 11.5 Å². The minimum atomic E-state index is -1.99. The molecule has 4 nitrogen and oxygen atoms in total. The SMILES string of the molecule is COc1ccc(F)cc1OB(O)O. The number of methoxy groups -OCH3 is 1. The second kappa shape index (κ2) is 4.11. The van der Waals surface area contributed by atoms with E-state index < -0.39 is 13.1 Å². The van der Waals surface area contributed by atoms with Crippen molar-refractivity contribution in [1.29, 1.82) is 0 Å². The van der Waals surface area contributed by atoms with Crippen LogP contribution in [-0.2, 0) is 0 Å². The highest BCUT2D eigenvalue weighted by Crippen LogP contribution is 2.27. The lowest BCUT2D eigenvalue weighted by molar-refractivity contribution is 0.279. The van der Waals surface area contributed by atoms with Crippen molar-refractivity contribution in [3.05, 3.63) is 24.0 Å². The highest BCUT2D eigenvalue weighted by molar-refractivity contribution is 6.33. The molecule has 6 heteroatoms. The molecule has 2 N–H and O–H groups in total. The average molecular weight is 186 g/mol. The number of hydrogen-bond donors (Lipinski definition) is 2. The van der Waals surface area contributed by atoms with Gasteiger partial charge in [-0.25, -0.2) is 4.39 Å². The van der Waals surface area contributed by atoms with Crippen molar-refractivity contribution >= 4 is 7.32 Å². The summed E-state index contributed by atoms with van der Waals surface area (Å²) in [5.41, 5.74) is 0. The van der Waals surface area contributed by atoms with E-state index >= 15 is 0 Å². The van der Waals surface area contributed by atoms with Crippen molar-refractivity contribution in [3.8, 4) is 11.5 Å². The van der Waals surface area contributed by atoms with E-state index in [1.54, 1.807) is 0 Å². The van der Waals surface area contributed by atoms with Gasteiger partial charge in [0.05, 0.1) is 7.11 Å². The Morgan fingerprint density at radius 1 is 1.31 bits per heavy atom. The topological polar surface area (TPSA) is 58.9 Å². The van der Waals surface area contributed by atoms with E-state index in [0.717, 1.165) is 6.07 Å². The van der Waals surface area contributed by atoms with E-state index in [1.165, 1.54) is 19.2 Å². The Kier molecular flexibility index (Phi) is 3.10. The molecule has 0 aromatic heterocycles. The second-order valence-corrected chi connectivity index (χ2v) is 2.24. The molecule has 0 fully saturated rings. The molecule has 0 heterocycles. The maximum absolute atomic E-state index is 12.6. The average Bonchev–Trinajstić information content (AvgIpc) is 2.03. The molecule has 0 saturated carbocycles. The highest BCUT2D eigenvalue weighted by Gasteiger charge is 2.15. The van der Waals surface area contributed by atoms with E-state index in [0.29, 0.717) is 0 Å². The van der Waals surface area contributed by atoms with Gasteiger partial charge < -0.3 is 19.4 Å². The van der Waals surface area contributed by atoms with Gasteiger partial charge in [0, 0.05) is 6.07 Å². The summed E-state index contributed by atoms with van der Waals surface area (Å²) in [4.78, 5) is 0. The fraction of sp³-hybridized carbons (Fsp3) is 0.143. The quantitative estimate of drug-likeness (QED) is 0.661. The van der Waals surface area contributed by atoms with Crippen LogP contribution >= 0.6 is 0 Å². The lowest BCUT2D eigenvalue weighted by atomic mass is 10.2. The fourth-order valence-electron chi connectivity index (χ4n) is 0.856. The van der Waals surface area contributed by atoms with E-state index in [9.17, 15) is 4.39 Å². The van der Waals surface area contributed by atoms with Gasteiger partial charge >= 0.3 is 7.32 Å². The Balaban J connectivity index is 2.94. The largest absolute Gasteiger partial charge is 0.707 e. The first-order chi connectivity index (χ1) is 6.13. The summed E-state index contributed by atoms with van der Waals surface area (Å²) in [5, 5.41) is 16.9. The van der Waals surface area contributed by atoms with E-state index in [4.69, 9.17) is 14.8 Å². The number of hydrogen-bond acceptors (Lipinski definition) is 4. The molecule has 0 unspecified atom stereocenters. The Morgan fingerprint density at radius 3 is 2.54 bits per heavy atom. The number of benzene rings is 1. The fourth-order valence-corrected chi connectivity index (χ4v) is 0.856. The van der Waals surface area contributed by atoms with Gasteiger partial charge in [-0.15, -0.1) is 0 Å². The summed E-state index contributed by atoms with van der Waals surface area (Å²) in [5.74, 6) is -0.372. The maximum Gasteiger partial charge on any atom is 0.707 e. The first-order valence-electron chi connectivity index (χ1n) is 3.50. The summed E-state index contributed by atoms with van der Waals surface area (Å²) in [6.45, 7) is 0. The summed E-state index contributed by atoms with van der Waals surface area (Å²) in [6.07, 6.45) is 0. The lowest BCUT2D eigenvalue weighted by Crippen LogP contribution is -2.20. The van der Waals surface area contributed by atoms with Crippen molar-refractivity contribution in [2.45, 2.75) is 0 Å². The van der Waals surface area contributed by atoms with Crippen LogP contribution in [0.15, 0.2) is 18.2 Å². The normalized spacial score (nSPS) is 9.54. The standard InChI is InChI=1S/C7H8BFO4/c1-12-6-3-2-5(9)4-7(6)13-8(10)11/h2-4,10-11H,1H3. The van der Waals surface area contributed by atoms with Crippen molar-refractivity contribution in [2.75, 3.05) is 7.11 Å². The van der Waals surface area contributed by atoms with Crippen LogP contribution in [0.1, 0.15) is 0 Å². The smallest absolute Gasteiger partial charge is 0.509 e. The van der Waals surface area contributed by atoms with Gasteiger partial charge in [0.15, 0.2) is 5.75 Å². The van der Waals surface area contributed by atoms with Gasteiger partial charge in [-0.3, -0.25) is 0 Å². The molecular weight excluding hydrogens is 178 g/mol. The zero-order chi connectivity index (χ0) is 9.84. The molecule has 70 valence electrons. The van der Waals surface area contributed by atoms with Gasteiger partial charge in [-0.2, -0.15) is 0 Å². The predicted octanol–water partition coefficient (Wildman–Crippen LogP) is 0.183. The first kappa shape index (κ1) is 9.82. The van der Waals surface area contributed by atoms with Gasteiger partial charge in [0.25, 0.3) is 0 Å². The van der Waals surface area contributed by atoms with Crippen molar-refractivity contribution in [2.24, 2.45) is 0 Å². The zero-order valence-corrected chi connectivity index (χ0v) is 6.90. The molecule has 1 aromatic rings. The van der Waals surface area contributed by atoms with Crippen molar-refractivity contribution in [1.82, 2.24) is 0 Å². The molecule has 0 bridgehead atoms. The third-order valence-electron chi connectivity index (χ3n) is 1.36. The summed E-state index contributed by atoms with van der Waals surface area (Å²) >= 11 is 0. The molecule has 13 heavy (non-hydrogen) atoms. The summed E-state index contributed by atoms with van der Waals surface area (Å²) in [6, 6.07) is 3.50. The molecule has 0 amide bonds. The molecule has 1 aromatic carbocycles. The monoisotopic (exact) mass is 186 g/mol. The molecule has 0 aliphatic rings. The highest BCUT2D eigenvalue weighted by atomic mass is 19.1. The van der Waals surface area contributed by atoms with Crippen LogP contribution in [0, 0.1) is 5.82 Å². The number of halogens is 1. The Labute approximate surface area is 74.7 Å². The molecule has 0 spiro atoms. The first-order valence-corrected chi connectivity index (χ1v) is 3.50. The third kappa shape index (κ3) is 2.60. The molecule has 0 atom stereocenters. The molecule has 0 aliphatic carbocycles. The van der Waals surface area contributed by atoms with Crippen molar-refractivity contribution < 1.29 is 23.8 Å². The van der Waals surface area contributed by atoms with E-state index in [2.05, 4.69) is 4.65 Å². The number of rotatable bonds is 3. The molecule has 0 radical (unpaired) electrons. The molecular formula is C7H8BFO4. The Morgan fingerprint density at radius 2 is 2.00 bits per heavy atom. The number of ether oxygens (including phenoxy) is 1. The van der Waals surface area contributed by atoms with Gasteiger partial charge in [0.2, 0.25) is 0 Å². The van der Waals surface area contributed by atoms with Crippen LogP contribution in [0.4, 0.5) is 4.39 Å². The van der Waals surface area contributed by atoms with Gasteiger partial charge in [0.1, 0.15) is 11.6 Å². The van der Waals surface area contributed by atoms with Crippen molar-refractivity contribution in [3.63, 3.8) is 0 Å². The lowest BCUT2D eigenvalue weighted by Gasteiger charge is -2.09. The zero-order valence-electron chi connectivity index (χ0n) is 6.90. The predicted molar refractivity (Wildman–Crippen MR) is 43.8 cm³/mol. The van der Waals surface area contributed by atoms with Crippen LogP contribution in [0.3, 0.4) is 0 Å². The van der Waals surface area contributed by atoms with Crippen LogP contribution in [0.25, 0.3) is 0 Å². The summed E-state index contributed by atoms with van der Waals surface area (Å²) < 4.78 is 21.9. The van der Waals surface area contributed by atoms with Crippen LogP contribution < -0.4 is 9.39 Å². The third-order valence-corrected chi connectivity index (χ3v) is 1.36. The maximum atomic E-state index is 12.6. The van der Waals surface area contributed by atoms with Gasteiger partial charge in [-0.1, -0.05) is 0 Å². The molecule has 1 rings (SSSR count). The van der Waals surface area contributed by atoms with Gasteiger partial charge in [-0.05, 0) is 12.1 Å². The van der Waals surface area contributed by atoms with Crippen LogP contribution in [0.2, 0.25) is 0 Å². The Hall–Kier alpha value is -1.27. The second-order valence-electron chi connectivity index (χ2n) is 2.24. The van der Waals surface area contributed by atoms with E-state index in [1.807, 2.05) is 0 Å². The molecule has 0 saturated heterocycles. The minimum absolute atomic E-state index is 0.0579. The molecule has 0 aliphatic heterocycles. The minimum Gasteiger partial charge on any atom is -0.509 e. The van der Waals surface area contributed by atoms with Crippen LogP contribution in [-0.4, -0.2) is 24.5 Å². The summed E-state index contributed by atoms with van der Waals surface area (Å²) in [7, 11) is -0.625. The van der Waals surface area contributed by atoms with Crippen LogP contribution in [0.5, 0.6) is 11.5 Å².